The molecule has 0 aliphatic carbocycles. The summed E-state index contributed by atoms with van der Waals surface area (Å²) < 4.78 is 9.87. The molecular weight excluding hydrogens is 188 g/mol. The van der Waals surface area contributed by atoms with E-state index < -0.39 is 24.0 Å². The number of furan rings is 1. The van der Waals surface area contributed by atoms with Crippen molar-refractivity contribution >= 4 is 11.9 Å². The van der Waals surface area contributed by atoms with Crippen molar-refractivity contribution in [3.63, 3.8) is 0 Å². The number of carboxylic acid groups (broad SMARTS) is 1. The van der Waals surface area contributed by atoms with Gasteiger partial charge in [0.1, 0.15) is 11.7 Å². The first-order valence-corrected chi connectivity index (χ1v) is 4.14. The molecule has 0 aromatic carbocycles. The third-order valence-electron chi connectivity index (χ3n) is 2.15. The van der Waals surface area contributed by atoms with E-state index in [9.17, 15) is 9.59 Å². The quantitative estimate of drug-likeness (QED) is 0.713. The Balaban J connectivity index is 2.26. The largest absolute Gasteiger partial charge is 0.481 e. The van der Waals surface area contributed by atoms with E-state index in [1.54, 1.807) is 12.1 Å². The highest BCUT2D eigenvalue weighted by molar-refractivity contribution is 5.82. The van der Waals surface area contributed by atoms with Gasteiger partial charge in [0.25, 0.3) is 0 Å². The number of aliphatic carboxylic acids is 1. The summed E-state index contributed by atoms with van der Waals surface area (Å²) in [5.41, 5.74) is 0. The standard InChI is InChI=1S/C9H8O5/c10-7-4-5(9(11)12)8(14-7)6-2-1-3-13-6/h1-3,5,8H,4H2,(H,11,12). The van der Waals surface area contributed by atoms with E-state index in [2.05, 4.69) is 0 Å². The molecule has 1 saturated heterocycles. The van der Waals surface area contributed by atoms with E-state index in [1.165, 1.54) is 6.26 Å². The molecule has 1 N–H and O–H groups in total. The zero-order valence-electron chi connectivity index (χ0n) is 7.17. The summed E-state index contributed by atoms with van der Waals surface area (Å²) in [6.45, 7) is 0. The van der Waals surface area contributed by atoms with Gasteiger partial charge < -0.3 is 14.3 Å². The second kappa shape index (κ2) is 3.17. The van der Waals surface area contributed by atoms with Gasteiger partial charge in [-0.3, -0.25) is 9.59 Å². The van der Waals surface area contributed by atoms with Crippen LogP contribution in [0.25, 0.3) is 0 Å². The third kappa shape index (κ3) is 1.37. The zero-order chi connectivity index (χ0) is 10.1. The lowest BCUT2D eigenvalue weighted by atomic mass is 10.00. The van der Waals surface area contributed by atoms with Gasteiger partial charge in [-0.1, -0.05) is 0 Å². The van der Waals surface area contributed by atoms with Gasteiger partial charge in [0.15, 0.2) is 6.10 Å². The van der Waals surface area contributed by atoms with Crippen molar-refractivity contribution < 1.29 is 23.8 Å². The van der Waals surface area contributed by atoms with Crippen LogP contribution in [0, 0.1) is 5.92 Å². The van der Waals surface area contributed by atoms with Crippen LogP contribution in [-0.4, -0.2) is 17.0 Å². The maximum Gasteiger partial charge on any atom is 0.311 e. The molecule has 0 spiro atoms. The number of hydrogen-bond donors (Lipinski definition) is 1. The molecule has 14 heavy (non-hydrogen) atoms. The molecule has 0 bridgehead atoms. The van der Waals surface area contributed by atoms with Crippen LogP contribution in [0.15, 0.2) is 22.8 Å². The first-order valence-electron chi connectivity index (χ1n) is 4.14. The molecule has 2 unspecified atom stereocenters. The van der Waals surface area contributed by atoms with Crippen molar-refractivity contribution in [2.24, 2.45) is 5.92 Å². The highest BCUT2D eigenvalue weighted by atomic mass is 16.6. The van der Waals surface area contributed by atoms with Gasteiger partial charge in [-0.15, -0.1) is 0 Å². The lowest BCUT2D eigenvalue weighted by molar-refractivity contribution is -0.145. The Morgan fingerprint density at radius 1 is 1.57 bits per heavy atom. The average molecular weight is 196 g/mol. The predicted octanol–water partition coefficient (Wildman–Crippen LogP) is 0.968. The van der Waals surface area contributed by atoms with Crippen LogP contribution in [0.4, 0.5) is 0 Å². The fourth-order valence-electron chi connectivity index (χ4n) is 1.48. The fraction of sp³-hybridized carbons (Fsp3) is 0.333. The Kier molecular flexibility index (Phi) is 1.99. The Labute approximate surface area is 79.3 Å². The van der Waals surface area contributed by atoms with Crippen LogP contribution in [0.5, 0.6) is 0 Å². The molecule has 1 aliphatic heterocycles. The molecule has 0 saturated carbocycles. The summed E-state index contributed by atoms with van der Waals surface area (Å²) in [6.07, 6.45) is 0.538. The minimum absolute atomic E-state index is 0.0965. The summed E-state index contributed by atoms with van der Waals surface area (Å²) >= 11 is 0. The van der Waals surface area contributed by atoms with Gasteiger partial charge in [-0.05, 0) is 12.1 Å². The van der Waals surface area contributed by atoms with Crippen molar-refractivity contribution in [3.05, 3.63) is 24.2 Å². The number of ether oxygens (including phenoxy) is 1. The minimum atomic E-state index is -1.04. The lowest BCUT2D eigenvalue weighted by Crippen LogP contribution is -2.16. The van der Waals surface area contributed by atoms with Crippen molar-refractivity contribution in [1.82, 2.24) is 0 Å². The fourth-order valence-corrected chi connectivity index (χ4v) is 1.48. The van der Waals surface area contributed by atoms with Crippen LogP contribution >= 0.6 is 0 Å². The molecule has 1 aromatic rings. The Morgan fingerprint density at radius 2 is 2.36 bits per heavy atom. The maximum atomic E-state index is 10.9. The molecule has 74 valence electrons. The molecule has 0 radical (unpaired) electrons. The van der Waals surface area contributed by atoms with Crippen molar-refractivity contribution in [2.45, 2.75) is 12.5 Å². The number of cyclic esters (lactones) is 1. The Hall–Kier alpha value is -1.78. The highest BCUT2D eigenvalue weighted by Crippen LogP contribution is 2.35. The van der Waals surface area contributed by atoms with Crippen LogP contribution in [0.3, 0.4) is 0 Å². The number of carbonyl (C=O) groups excluding carboxylic acids is 1. The van der Waals surface area contributed by atoms with Crippen LogP contribution in [0.2, 0.25) is 0 Å². The van der Waals surface area contributed by atoms with Crippen LogP contribution in [-0.2, 0) is 14.3 Å². The van der Waals surface area contributed by atoms with E-state index in [1.807, 2.05) is 0 Å². The number of rotatable bonds is 2. The Morgan fingerprint density at radius 3 is 2.93 bits per heavy atom. The number of hydrogen-bond acceptors (Lipinski definition) is 4. The van der Waals surface area contributed by atoms with Crippen molar-refractivity contribution in [2.75, 3.05) is 0 Å². The number of esters is 1. The molecule has 2 atom stereocenters. The van der Waals surface area contributed by atoms with Gasteiger partial charge >= 0.3 is 11.9 Å². The smallest absolute Gasteiger partial charge is 0.311 e. The monoisotopic (exact) mass is 196 g/mol. The molecule has 1 fully saturated rings. The number of carbonyl (C=O) groups is 2. The van der Waals surface area contributed by atoms with Crippen molar-refractivity contribution in [1.29, 1.82) is 0 Å². The highest BCUT2D eigenvalue weighted by Gasteiger charge is 2.42. The summed E-state index contributed by atoms with van der Waals surface area (Å²) in [6, 6.07) is 3.22. The van der Waals surface area contributed by atoms with Crippen molar-refractivity contribution in [3.8, 4) is 0 Å². The van der Waals surface area contributed by atoms with Crippen LogP contribution < -0.4 is 0 Å². The normalized spacial score (nSPS) is 26.1. The molecule has 5 heteroatoms. The van der Waals surface area contributed by atoms with E-state index in [0.717, 1.165) is 0 Å². The van der Waals surface area contributed by atoms with E-state index in [4.69, 9.17) is 14.3 Å². The number of carboxylic acids is 1. The molecular formula is C9H8O5. The second-order valence-corrected chi connectivity index (χ2v) is 3.07. The average Bonchev–Trinajstić information content (AvgIpc) is 2.70. The molecule has 1 aliphatic rings. The summed E-state index contributed by atoms with van der Waals surface area (Å²) in [5, 5.41) is 8.83. The molecule has 1 aromatic heterocycles. The maximum absolute atomic E-state index is 10.9. The van der Waals surface area contributed by atoms with Gasteiger partial charge in [0.05, 0.1) is 12.7 Å². The SMILES string of the molecule is O=C1CC(C(=O)O)C(c2ccco2)O1. The van der Waals surface area contributed by atoms with E-state index >= 15 is 0 Å². The van der Waals surface area contributed by atoms with Crippen LogP contribution in [0.1, 0.15) is 18.3 Å². The molecule has 5 nitrogen and oxygen atoms in total. The first-order chi connectivity index (χ1) is 6.68. The van der Waals surface area contributed by atoms with Gasteiger partial charge in [-0.2, -0.15) is 0 Å². The third-order valence-corrected chi connectivity index (χ3v) is 2.15. The second-order valence-electron chi connectivity index (χ2n) is 3.07. The van der Waals surface area contributed by atoms with Gasteiger partial charge in [0, 0.05) is 0 Å². The summed E-state index contributed by atoms with van der Waals surface area (Å²) in [4.78, 5) is 21.7. The molecule has 2 rings (SSSR count). The molecule has 0 amide bonds. The predicted molar refractivity (Wildman–Crippen MR) is 43.3 cm³/mol. The summed E-state index contributed by atoms with van der Waals surface area (Å²) in [5.74, 6) is -2.01. The zero-order valence-corrected chi connectivity index (χ0v) is 7.17. The minimum Gasteiger partial charge on any atom is -0.481 e. The van der Waals surface area contributed by atoms with E-state index in [0.29, 0.717) is 5.76 Å². The summed E-state index contributed by atoms with van der Waals surface area (Å²) in [7, 11) is 0. The van der Waals surface area contributed by atoms with Gasteiger partial charge in [-0.25, -0.2) is 0 Å². The first kappa shape index (κ1) is 8.80. The lowest BCUT2D eigenvalue weighted by Gasteiger charge is -2.10. The van der Waals surface area contributed by atoms with Gasteiger partial charge in [0.2, 0.25) is 0 Å². The Bertz CT molecular complexity index is 353. The van der Waals surface area contributed by atoms with E-state index in [-0.39, 0.29) is 6.42 Å². The topological polar surface area (TPSA) is 76.7 Å². The molecule has 2 heterocycles.